The monoisotopic (exact) mass is 267 g/mol. The van der Waals surface area contributed by atoms with Crippen molar-refractivity contribution in [3.8, 4) is 0 Å². The molecule has 0 radical (unpaired) electrons. The molecule has 0 unspecified atom stereocenters. The largest absolute Gasteiger partial charge is 0.405 e. The summed E-state index contributed by atoms with van der Waals surface area (Å²) in [6.07, 6.45) is -1.78. The smallest absolute Gasteiger partial charge is 0.350 e. The van der Waals surface area contributed by atoms with E-state index in [0.717, 1.165) is 11.3 Å². The van der Waals surface area contributed by atoms with Crippen LogP contribution in [0.2, 0.25) is 5.15 Å². The number of hydrogen-bond acceptors (Lipinski definition) is 3. The lowest BCUT2D eigenvalue weighted by Gasteiger charge is -2.22. The zero-order valence-electron chi connectivity index (χ0n) is 9.55. The van der Waals surface area contributed by atoms with Crippen molar-refractivity contribution in [1.82, 2.24) is 9.97 Å². The number of aromatic nitrogens is 2. The summed E-state index contributed by atoms with van der Waals surface area (Å²) in [5.41, 5.74) is 0.559. The van der Waals surface area contributed by atoms with E-state index in [9.17, 15) is 13.2 Å². The molecule has 0 atom stereocenters. The highest BCUT2D eigenvalue weighted by Gasteiger charge is 2.30. The van der Waals surface area contributed by atoms with Gasteiger partial charge in [-0.2, -0.15) is 13.2 Å². The molecule has 1 rings (SSSR count). The van der Waals surface area contributed by atoms with Crippen LogP contribution in [-0.4, -0.2) is 29.7 Å². The second-order valence-electron chi connectivity index (χ2n) is 3.69. The van der Waals surface area contributed by atoms with Crippen molar-refractivity contribution in [2.45, 2.75) is 25.9 Å². The average molecular weight is 268 g/mol. The summed E-state index contributed by atoms with van der Waals surface area (Å²) in [6.45, 7) is 0.855. The first-order valence-corrected chi connectivity index (χ1v) is 5.50. The fourth-order valence-electron chi connectivity index (χ4n) is 1.52. The lowest BCUT2D eigenvalue weighted by molar-refractivity contribution is -0.119. The van der Waals surface area contributed by atoms with Crippen LogP contribution in [0.5, 0.6) is 0 Å². The summed E-state index contributed by atoms with van der Waals surface area (Å²) in [5, 5.41) is 0.214. The lowest BCUT2D eigenvalue weighted by atomic mass is 10.2. The molecule has 0 amide bonds. The normalized spacial score (nSPS) is 11.6. The van der Waals surface area contributed by atoms with Gasteiger partial charge in [0.2, 0.25) is 0 Å². The molecule has 0 spiro atoms. The van der Waals surface area contributed by atoms with Crippen LogP contribution >= 0.6 is 11.6 Å². The molecule has 0 aliphatic heterocycles. The van der Waals surface area contributed by atoms with E-state index in [1.807, 2.05) is 6.92 Å². The standard InChI is InChI=1S/C10H13ClF3N3/c1-3-4-7-8(11)15-6-16-9(7)17(2)5-10(12,13)14/h6H,3-5H2,1-2H3. The number of anilines is 1. The molecule has 1 heterocycles. The molecular weight excluding hydrogens is 255 g/mol. The summed E-state index contributed by atoms with van der Waals surface area (Å²) in [6, 6.07) is 0. The maximum atomic E-state index is 12.3. The van der Waals surface area contributed by atoms with Gasteiger partial charge in [0.05, 0.1) is 0 Å². The fourth-order valence-corrected chi connectivity index (χ4v) is 1.74. The molecule has 96 valence electrons. The Balaban J connectivity index is 3.00. The SMILES string of the molecule is CCCc1c(Cl)ncnc1N(C)CC(F)(F)F. The van der Waals surface area contributed by atoms with Crippen LogP contribution in [-0.2, 0) is 6.42 Å². The number of rotatable bonds is 4. The molecule has 7 heteroatoms. The van der Waals surface area contributed by atoms with Gasteiger partial charge in [0, 0.05) is 12.6 Å². The average Bonchev–Trinajstić information content (AvgIpc) is 2.18. The Morgan fingerprint density at radius 3 is 2.53 bits per heavy atom. The molecule has 17 heavy (non-hydrogen) atoms. The third kappa shape index (κ3) is 4.03. The molecule has 0 N–H and O–H groups in total. The maximum absolute atomic E-state index is 12.3. The molecule has 1 aromatic heterocycles. The zero-order chi connectivity index (χ0) is 13.1. The predicted molar refractivity (Wildman–Crippen MR) is 60.4 cm³/mol. The highest BCUT2D eigenvalue weighted by molar-refractivity contribution is 6.30. The van der Waals surface area contributed by atoms with E-state index in [2.05, 4.69) is 9.97 Å². The third-order valence-electron chi connectivity index (χ3n) is 2.15. The molecule has 0 aliphatic rings. The highest BCUT2D eigenvalue weighted by atomic mass is 35.5. The van der Waals surface area contributed by atoms with Gasteiger partial charge in [-0.05, 0) is 6.42 Å². The van der Waals surface area contributed by atoms with Gasteiger partial charge >= 0.3 is 6.18 Å². The lowest BCUT2D eigenvalue weighted by Crippen LogP contribution is -2.32. The summed E-state index contributed by atoms with van der Waals surface area (Å²) < 4.78 is 36.9. The first kappa shape index (κ1) is 14.0. The van der Waals surface area contributed by atoms with Crippen molar-refractivity contribution in [2.75, 3.05) is 18.5 Å². The summed E-state index contributed by atoms with van der Waals surface area (Å²) >= 11 is 5.86. The van der Waals surface area contributed by atoms with Gasteiger partial charge in [-0.1, -0.05) is 24.9 Å². The molecule has 0 saturated heterocycles. The Labute approximate surface area is 103 Å². The zero-order valence-corrected chi connectivity index (χ0v) is 10.3. The van der Waals surface area contributed by atoms with Gasteiger partial charge in [-0.3, -0.25) is 0 Å². The van der Waals surface area contributed by atoms with E-state index in [1.54, 1.807) is 0 Å². The number of alkyl halides is 3. The Bertz CT molecular complexity index is 382. The third-order valence-corrected chi connectivity index (χ3v) is 2.47. The molecule has 3 nitrogen and oxygen atoms in total. The van der Waals surface area contributed by atoms with Crippen LogP contribution in [0.15, 0.2) is 6.33 Å². The van der Waals surface area contributed by atoms with Crippen molar-refractivity contribution in [1.29, 1.82) is 0 Å². The predicted octanol–water partition coefficient (Wildman–Crippen LogP) is 3.08. The van der Waals surface area contributed by atoms with Gasteiger partial charge in [0.1, 0.15) is 23.8 Å². The minimum Gasteiger partial charge on any atom is -0.350 e. The van der Waals surface area contributed by atoms with Crippen LogP contribution < -0.4 is 4.90 Å². The van der Waals surface area contributed by atoms with Crippen molar-refractivity contribution in [3.05, 3.63) is 17.0 Å². The molecular formula is C10H13ClF3N3. The van der Waals surface area contributed by atoms with Gasteiger partial charge < -0.3 is 4.90 Å². The second kappa shape index (κ2) is 5.53. The second-order valence-corrected chi connectivity index (χ2v) is 4.05. The Hall–Kier alpha value is -1.04. The van der Waals surface area contributed by atoms with Crippen molar-refractivity contribution in [3.63, 3.8) is 0 Å². The number of halogens is 4. The van der Waals surface area contributed by atoms with E-state index in [-0.39, 0.29) is 11.0 Å². The van der Waals surface area contributed by atoms with E-state index < -0.39 is 12.7 Å². The molecule has 0 aliphatic carbocycles. The van der Waals surface area contributed by atoms with Gasteiger partial charge in [-0.25, -0.2) is 9.97 Å². The Morgan fingerprint density at radius 2 is 2.00 bits per heavy atom. The van der Waals surface area contributed by atoms with Crippen molar-refractivity contribution in [2.24, 2.45) is 0 Å². The molecule has 0 bridgehead atoms. The quantitative estimate of drug-likeness (QED) is 0.785. The van der Waals surface area contributed by atoms with E-state index >= 15 is 0 Å². The highest BCUT2D eigenvalue weighted by Crippen LogP contribution is 2.26. The van der Waals surface area contributed by atoms with Crippen molar-refractivity contribution < 1.29 is 13.2 Å². The van der Waals surface area contributed by atoms with Crippen LogP contribution in [0.3, 0.4) is 0 Å². The van der Waals surface area contributed by atoms with Crippen LogP contribution in [0, 0.1) is 0 Å². The van der Waals surface area contributed by atoms with Gasteiger partial charge in [0.15, 0.2) is 0 Å². The molecule has 1 aromatic rings. The number of nitrogens with zero attached hydrogens (tertiary/aromatic N) is 3. The summed E-state index contributed by atoms with van der Waals surface area (Å²) in [4.78, 5) is 8.70. The first-order chi connectivity index (χ1) is 7.85. The van der Waals surface area contributed by atoms with Gasteiger partial charge in [-0.15, -0.1) is 0 Å². The molecule has 0 fully saturated rings. The fraction of sp³-hybridized carbons (Fsp3) is 0.600. The van der Waals surface area contributed by atoms with Crippen LogP contribution in [0.25, 0.3) is 0 Å². The minimum atomic E-state index is -4.27. The minimum absolute atomic E-state index is 0.214. The Kier molecular flexibility index (Phi) is 4.56. The van der Waals surface area contributed by atoms with Crippen LogP contribution in [0.1, 0.15) is 18.9 Å². The van der Waals surface area contributed by atoms with Gasteiger partial charge in [0.25, 0.3) is 0 Å². The first-order valence-electron chi connectivity index (χ1n) is 5.12. The summed E-state index contributed by atoms with van der Waals surface area (Å²) in [7, 11) is 1.34. The van der Waals surface area contributed by atoms with E-state index in [4.69, 9.17) is 11.6 Å². The van der Waals surface area contributed by atoms with Crippen molar-refractivity contribution >= 4 is 17.4 Å². The number of hydrogen-bond donors (Lipinski definition) is 0. The maximum Gasteiger partial charge on any atom is 0.405 e. The Morgan fingerprint density at radius 1 is 1.35 bits per heavy atom. The summed E-state index contributed by atoms with van der Waals surface area (Å²) in [5.74, 6) is 0.240. The molecule has 0 aromatic carbocycles. The molecule has 0 saturated carbocycles. The van der Waals surface area contributed by atoms with E-state index in [1.165, 1.54) is 13.4 Å². The topological polar surface area (TPSA) is 29.0 Å². The van der Waals surface area contributed by atoms with E-state index in [0.29, 0.717) is 12.0 Å². The van der Waals surface area contributed by atoms with Crippen LogP contribution in [0.4, 0.5) is 19.0 Å².